The first-order chi connectivity index (χ1) is 15.4. The van der Waals surface area contributed by atoms with Crippen molar-refractivity contribution in [2.24, 2.45) is 0 Å². The highest BCUT2D eigenvalue weighted by Gasteiger charge is 2.35. The van der Waals surface area contributed by atoms with Crippen LogP contribution in [0.5, 0.6) is 0 Å². The first-order valence-corrected chi connectivity index (χ1v) is 12.1. The summed E-state index contributed by atoms with van der Waals surface area (Å²) in [7, 11) is 0. The summed E-state index contributed by atoms with van der Waals surface area (Å²) >= 11 is -1.27. The predicted molar refractivity (Wildman–Crippen MR) is 130 cm³/mol. The quantitative estimate of drug-likeness (QED) is 0.343. The zero-order chi connectivity index (χ0) is 22.7. The summed E-state index contributed by atoms with van der Waals surface area (Å²) in [6.45, 7) is 8.08. The average Bonchev–Trinajstić information content (AvgIpc) is 3.23. The lowest BCUT2D eigenvalue weighted by Crippen LogP contribution is -2.43. The minimum Gasteiger partial charge on any atom is -0.598 e. The fourth-order valence-corrected chi connectivity index (χ4v) is 4.80. The minimum absolute atomic E-state index is 0.0295. The topological polar surface area (TPSA) is 74.0 Å². The van der Waals surface area contributed by atoms with Gasteiger partial charge in [-0.25, -0.2) is 0 Å². The van der Waals surface area contributed by atoms with E-state index in [1.54, 1.807) is 0 Å². The third kappa shape index (κ3) is 4.58. The van der Waals surface area contributed by atoms with E-state index in [2.05, 4.69) is 33.9 Å². The van der Waals surface area contributed by atoms with Crippen molar-refractivity contribution in [1.29, 1.82) is 0 Å². The standard InChI is InChI=1S/C26H29N3O2S/c1-5-18(22-15-10-11-17-27-22)25(29-32(30)26(2,3)4)20-13-7-6-12-19(20)24-21-14-8-9-16-23(21)31-28-24/h6-18,25,29H,5H2,1-4H3/t18?,25?,32-/m0/s1. The lowest BCUT2D eigenvalue weighted by Gasteiger charge is -2.32. The molecule has 1 N–H and O–H groups in total. The van der Waals surface area contributed by atoms with Gasteiger partial charge < -0.3 is 9.08 Å². The predicted octanol–water partition coefficient (Wildman–Crippen LogP) is 6.18. The molecule has 2 aromatic heterocycles. The van der Waals surface area contributed by atoms with E-state index in [0.29, 0.717) is 0 Å². The SMILES string of the molecule is CCC(c1ccccn1)C(N[S@@+]([O-])C(C)(C)C)c1ccccc1-c1noc2ccccc12. The number of hydrogen-bond acceptors (Lipinski definition) is 5. The Balaban J connectivity index is 1.87. The second-order valence-corrected chi connectivity index (χ2v) is 10.9. The molecule has 2 aromatic carbocycles. The van der Waals surface area contributed by atoms with E-state index in [0.717, 1.165) is 39.9 Å². The van der Waals surface area contributed by atoms with E-state index < -0.39 is 16.1 Å². The maximum atomic E-state index is 13.3. The molecule has 2 unspecified atom stereocenters. The van der Waals surface area contributed by atoms with Crippen LogP contribution >= 0.6 is 0 Å². The Morgan fingerprint density at radius 1 is 1.00 bits per heavy atom. The molecule has 0 aliphatic carbocycles. The van der Waals surface area contributed by atoms with Gasteiger partial charge in [-0.2, -0.15) is 0 Å². The summed E-state index contributed by atoms with van der Waals surface area (Å²) < 4.78 is 21.9. The molecule has 3 atom stereocenters. The molecule has 5 nitrogen and oxygen atoms in total. The number of rotatable bonds is 7. The molecule has 2 heterocycles. The molecule has 0 bridgehead atoms. The molecule has 0 amide bonds. The highest BCUT2D eigenvalue weighted by Crippen LogP contribution is 2.40. The van der Waals surface area contributed by atoms with Gasteiger partial charge >= 0.3 is 0 Å². The molecular weight excluding hydrogens is 418 g/mol. The third-order valence-corrected chi connectivity index (χ3v) is 7.21. The van der Waals surface area contributed by atoms with Gasteiger partial charge in [-0.15, -0.1) is 4.72 Å². The molecule has 0 saturated carbocycles. The normalized spacial score (nSPS) is 14.9. The number of pyridine rings is 1. The number of fused-ring (bicyclic) bond motifs is 1. The summed E-state index contributed by atoms with van der Waals surface area (Å²) in [6, 6.07) is 21.8. The van der Waals surface area contributed by atoms with E-state index in [-0.39, 0.29) is 12.0 Å². The minimum atomic E-state index is -1.27. The number of nitrogens with zero attached hydrogens (tertiary/aromatic N) is 2. The third-order valence-electron chi connectivity index (χ3n) is 5.63. The van der Waals surface area contributed by atoms with E-state index in [9.17, 15) is 4.55 Å². The lowest BCUT2D eigenvalue weighted by molar-refractivity contribution is 0.456. The van der Waals surface area contributed by atoms with Crippen LogP contribution in [0.25, 0.3) is 22.2 Å². The van der Waals surface area contributed by atoms with Gasteiger partial charge in [0.05, 0.1) is 6.04 Å². The zero-order valence-corrected chi connectivity index (χ0v) is 19.7. The second-order valence-electron chi connectivity index (χ2n) is 8.86. The molecule has 166 valence electrons. The van der Waals surface area contributed by atoms with E-state index >= 15 is 0 Å². The molecule has 4 rings (SSSR count). The lowest BCUT2D eigenvalue weighted by atomic mass is 9.85. The van der Waals surface area contributed by atoms with Gasteiger partial charge in [-0.05, 0) is 57.0 Å². The van der Waals surface area contributed by atoms with Gasteiger partial charge in [0, 0.05) is 40.1 Å². The van der Waals surface area contributed by atoms with Gasteiger partial charge in [0.15, 0.2) is 5.58 Å². The van der Waals surface area contributed by atoms with Gasteiger partial charge in [0.1, 0.15) is 10.4 Å². The Morgan fingerprint density at radius 2 is 1.72 bits per heavy atom. The van der Waals surface area contributed by atoms with Crippen molar-refractivity contribution in [2.45, 2.75) is 50.8 Å². The van der Waals surface area contributed by atoms with Gasteiger partial charge in [-0.1, -0.05) is 54.5 Å². The van der Waals surface area contributed by atoms with Crippen molar-refractivity contribution in [2.75, 3.05) is 0 Å². The van der Waals surface area contributed by atoms with Crippen molar-refractivity contribution >= 4 is 22.3 Å². The number of hydrogen-bond donors (Lipinski definition) is 1. The average molecular weight is 448 g/mol. The molecule has 0 aliphatic heterocycles. The maximum absolute atomic E-state index is 13.3. The zero-order valence-electron chi connectivity index (χ0n) is 18.9. The van der Waals surface area contributed by atoms with Crippen molar-refractivity contribution in [3.63, 3.8) is 0 Å². The molecule has 0 fully saturated rings. The van der Waals surface area contributed by atoms with Gasteiger partial charge in [-0.3, -0.25) is 4.98 Å². The number of para-hydroxylation sites is 1. The van der Waals surface area contributed by atoms with Crippen LogP contribution in [0.2, 0.25) is 0 Å². The number of benzene rings is 2. The van der Waals surface area contributed by atoms with E-state index in [4.69, 9.17) is 4.52 Å². The molecule has 6 heteroatoms. The summed E-state index contributed by atoms with van der Waals surface area (Å²) in [6.07, 6.45) is 2.65. The first-order valence-electron chi connectivity index (χ1n) is 10.9. The first kappa shape index (κ1) is 22.5. The molecule has 0 aliphatic rings. The van der Waals surface area contributed by atoms with Gasteiger partial charge in [0.2, 0.25) is 0 Å². The fraction of sp³-hybridized carbons (Fsp3) is 0.308. The summed E-state index contributed by atoms with van der Waals surface area (Å²) in [5, 5.41) is 5.36. The summed E-state index contributed by atoms with van der Waals surface area (Å²) in [4.78, 5) is 4.64. The van der Waals surface area contributed by atoms with Crippen LogP contribution in [0.3, 0.4) is 0 Å². The van der Waals surface area contributed by atoms with Crippen LogP contribution in [-0.4, -0.2) is 19.4 Å². The van der Waals surface area contributed by atoms with Gasteiger partial charge in [0.25, 0.3) is 0 Å². The van der Waals surface area contributed by atoms with Crippen LogP contribution in [-0.2, 0) is 11.4 Å². The van der Waals surface area contributed by atoms with Crippen molar-refractivity contribution < 1.29 is 9.08 Å². The van der Waals surface area contributed by atoms with Crippen LogP contribution in [0.4, 0.5) is 0 Å². The van der Waals surface area contributed by atoms with Crippen LogP contribution in [0.15, 0.2) is 77.4 Å². The van der Waals surface area contributed by atoms with E-state index in [1.165, 1.54) is 0 Å². The van der Waals surface area contributed by atoms with Crippen LogP contribution < -0.4 is 4.72 Å². The molecule has 0 saturated heterocycles. The number of aromatic nitrogens is 2. The Bertz CT molecular complexity index is 1170. The summed E-state index contributed by atoms with van der Waals surface area (Å²) in [5.74, 6) is 0.0295. The Kier molecular flexibility index (Phi) is 6.65. The Morgan fingerprint density at radius 3 is 2.44 bits per heavy atom. The fourth-order valence-electron chi connectivity index (χ4n) is 3.93. The largest absolute Gasteiger partial charge is 0.598 e. The Hall–Kier alpha value is -2.67. The highest BCUT2D eigenvalue weighted by atomic mass is 32.2. The molecule has 0 radical (unpaired) electrons. The smallest absolute Gasteiger partial charge is 0.167 e. The monoisotopic (exact) mass is 447 g/mol. The van der Waals surface area contributed by atoms with Crippen LogP contribution in [0, 0.1) is 0 Å². The van der Waals surface area contributed by atoms with Crippen molar-refractivity contribution in [1.82, 2.24) is 14.9 Å². The molecule has 32 heavy (non-hydrogen) atoms. The molecular formula is C26H29N3O2S. The highest BCUT2D eigenvalue weighted by molar-refractivity contribution is 7.90. The van der Waals surface area contributed by atoms with Crippen molar-refractivity contribution in [3.8, 4) is 11.3 Å². The maximum Gasteiger partial charge on any atom is 0.167 e. The second kappa shape index (κ2) is 9.45. The molecule has 4 aromatic rings. The Labute approximate surface area is 192 Å². The van der Waals surface area contributed by atoms with E-state index in [1.807, 2.05) is 81.6 Å². The van der Waals surface area contributed by atoms with Crippen molar-refractivity contribution in [3.05, 3.63) is 84.2 Å². The number of nitrogens with one attached hydrogen (secondary N) is 1. The summed E-state index contributed by atoms with van der Waals surface area (Å²) in [5.41, 5.74) is 4.51. The molecule has 0 spiro atoms. The van der Waals surface area contributed by atoms with Crippen LogP contribution in [0.1, 0.15) is 57.3 Å².